The molecule has 0 saturated heterocycles. The van der Waals surface area contributed by atoms with E-state index in [-0.39, 0.29) is 54.4 Å². The first kappa shape index (κ1) is 58.9. The van der Waals surface area contributed by atoms with Crippen molar-refractivity contribution in [1.29, 1.82) is 0 Å². The maximum Gasteiger partial charge on any atom is 0.490 e. The predicted octanol–water partition coefficient (Wildman–Crippen LogP) is 4.55. The van der Waals surface area contributed by atoms with Gasteiger partial charge in [0.15, 0.2) is 0 Å². The van der Waals surface area contributed by atoms with Gasteiger partial charge < -0.3 is 61.8 Å². The number of benzene rings is 2. The minimum Gasteiger partial charge on any atom is -0.508 e. The molecular weight excluding hydrogens is 970 g/mol. The van der Waals surface area contributed by atoms with E-state index in [9.17, 15) is 56.9 Å². The van der Waals surface area contributed by atoms with Crippen molar-refractivity contribution >= 4 is 70.3 Å². The van der Waals surface area contributed by atoms with E-state index in [0.29, 0.717) is 38.6 Å². The summed E-state index contributed by atoms with van der Waals surface area (Å²) < 4.78 is 46.2. The summed E-state index contributed by atoms with van der Waals surface area (Å²) in [6, 6.07) is 14.3. The number of phenols is 2. The number of methoxy groups -OCH3 is 2. The first-order chi connectivity index (χ1) is 32.8. The topological polar surface area (TPSA) is 311 Å². The van der Waals surface area contributed by atoms with Crippen molar-refractivity contribution in [2.24, 2.45) is 5.73 Å². The fraction of sp³-hybridized carbons (Fsp3) is 0.378. The van der Waals surface area contributed by atoms with Gasteiger partial charge >= 0.3 is 30.2 Å². The Morgan fingerprint density at radius 1 is 0.657 bits per heavy atom. The molecule has 0 radical (unpaired) electrons. The summed E-state index contributed by atoms with van der Waals surface area (Å²) >= 11 is 2.04. The lowest BCUT2D eigenvalue weighted by Crippen LogP contribution is -2.49. The summed E-state index contributed by atoms with van der Waals surface area (Å²) in [6.45, 7) is 8.93. The van der Waals surface area contributed by atoms with E-state index in [1.165, 1.54) is 20.3 Å². The number of aliphatic carboxylic acids is 1. The molecule has 10 N–H and O–H groups in total. The number of halogens is 3. The highest BCUT2D eigenvalue weighted by Crippen LogP contribution is 2.25. The molecular formula is C45H55F3N6O14S2. The molecule has 0 aliphatic rings. The number of aromatic hydroxyl groups is 2. The minimum atomic E-state index is -5.08. The summed E-state index contributed by atoms with van der Waals surface area (Å²) in [7, 11) is 2.39. The highest BCUT2D eigenvalue weighted by Gasteiger charge is 2.38. The Kier molecular flexibility index (Phi) is 23.3. The Balaban J connectivity index is 0.000000429. The number of aryl methyl sites for hydroxylation is 2. The van der Waals surface area contributed by atoms with Gasteiger partial charge in [-0.1, -0.05) is 38.1 Å². The van der Waals surface area contributed by atoms with Gasteiger partial charge in [0.1, 0.15) is 29.2 Å². The number of alkyl halides is 3. The van der Waals surface area contributed by atoms with Crippen LogP contribution in [0.1, 0.15) is 95.6 Å². The number of amides is 5. The van der Waals surface area contributed by atoms with Crippen LogP contribution in [-0.2, 0) is 54.5 Å². The third-order valence-electron chi connectivity index (χ3n) is 8.88. The Labute approximate surface area is 408 Å². The summed E-state index contributed by atoms with van der Waals surface area (Å²) in [4.78, 5) is 96.6. The van der Waals surface area contributed by atoms with E-state index in [4.69, 9.17) is 25.1 Å². The third kappa shape index (κ3) is 19.8. The number of carboxylic acid groups (broad SMARTS) is 1. The van der Waals surface area contributed by atoms with Crippen molar-refractivity contribution < 1.29 is 81.1 Å². The largest absolute Gasteiger partial charge is 0.508 e. The molecule has 0 unspecified atom stereocenters. The number of alkyl carbamates (subject to hydrolysis) is 1. The average molecular weight is 1030 g/mol. The zero-order valence-electron chi connectivity index (χ0n) is 39.0. The first-order valence-electron chi connectivity index (χ1n) is 20.9. The van der Waals surface area contributed by atoms with Crippen molar-refractivity contribution in [3.8, 4) is 11.5 Å². The number of carbonyl (C=O) groups excluding carboxylic acids is 7. The number of hydrogen-bond acceptors (Lipinski definition) is 16. The monoisotopic (exact) mass is 1020 g/mol. The summed E-state index contributed by atoms with van der Waals surface area (Å²) in [5, 5.41) is 39.2. The second-order valence-electron chi connectivity index (χ2n) is 15.4. The van der Waals surface area contributed by atoms with Crippen molar-refractivity contribution in [3.05, 3.63) is 102 Å². The molecule has 2 aromatic carbocycles. The molecule has 0 spiro atoms. The van der Waals surface area contributed by atoms with E-state index in [0.717, 1.165) is 33.8 Å². The minimum absolute atomic E-state index is 0.0947. The third-order valence-corrected chi connectivity index (χ3v) is 11.2. The van der Waals surface area contributed by atoms with Gasteiger partial charge in [0.2, 0.25) is 0 Å². The molecule has 0 fully saturated rings. The van der Waals surface area contributed by atoms with Gasteiger partial charge in [-0.2, -0.15) is 13.2 Å². The second kappa shape index (κ2) is 27.7. The van der Waals surface area contributed by atoms with E-state index < -0.39 is 59.7 Å². The molecule has 20 nitrogen and oxygen atoms in total. The molecule has 4 aromatic rings. The number of hydrogen-bond donors (Lipinski definition) is 9. The maximum atomic E-state index is 13.0. The van der Waals surface area contributed by atoms with Crippen molar-refractivity contribution in [3.63, 3.8) is 0 Å². The number of carboxylic acids is 1. The Bertz CT molecular complexity index is 2470. The van der Waals surface area contributed by atoms with Crippen LogP contribution < -0.4 is 32.3 Å². The second-order valence-corrected chi connectivity index (χ2v) is 17.5. The first-order valence-corrected chi connectivity index (χ1v) is 22.5. The van der Waals surface area contributed by atoms with Crippen LogP contribution in [0.4, 0.5) is 18.0 Å². The molecule has 25 heteroatoms. The summed E-state index contributed by atoms with van der Waals surface area (Å²) in [5.41, 5.74) is 7.60. The number of carbonyl (C=O) groups is 8. The fourth-order valence-corrected chi connectivity index (χ4v) is 7.65. The maximum absolute atomic E-state index is 13.0. The lowest BCUT2D eigenvalue weighted by molar-refractivity contribution is -0.192. The Morgan fingerprint density at radius 3 is 1.40 bits per heavy atom. The smallest absolute Gasteiger partial charge is 0.490 e. The van der Waals surface area contributed by atoms with Gasteiger partial charge in [-0.3, -0.25) is 19.2 Å². The quantitative estimate of drug-likeness (QED) is 0.0518. The molecule has 0 saturated carbocycles. The molecule has 382 valence electrons. The van der Waals surface area contributed by atoms with Crippen molar-refractivity contribution in [2.75, 3.05) is 27.3 Å². The van der Waals surface area contributed by atoms with Crippen LogP contribution in [0.25, 0.3) is 0 Å². The zero-order valence-corrected chi connectivity index (χ0v) is 40.7. The highest BCUT2D eigenvalue weighted by molar-refractivity contribution is 7.16. The molecule has 0 aliphatic carbocycles. The van der Waals surface area contributed by atoms with Gasteiger partial charge in [-0.05, 0) is 92.3 Å². The Hall–Kier alpha value is -7.25. The number of nitrogens with two attached hydrogens (primary N) is 1. The lowest BCUT2D eigenvalue weighted by atomic mass is 10.1. The van der Waals surface area contributed by atoms with Crippen LogP contribution >= 0.6 is 22.7 Å². The molecule has 2 heterocycles. The number of ether oxygens (including phenoxy) is 3. The number of thiophene rings is 2. The lowest BCUT2D eigenvalue weighted by Gasteiger charge is -2.21. The van der Waals surface area contributed by atoms with Gasteiger partial charge in [0, 0.05) is 19.6 Å². The molecule has 0 aliphatic heterocycles. The van der Waals surface area contributed by atoms with Gasteiger partial charge in [-0.25, -0.2) is 19.2 Å². The zero-order chi connectivity index (χ0) is 52.9. The van der Waals surface area contributed by atoms with Crippen LogP contribution in [0.2, 0.25) is 0 Å². The van der Waals surface area contributed by atoms with E-state index in [1.807, 2.05) is 13.8 Å². The van der Waals surface area contributed by atoms with Crippen LogP contribution in [0.15, 0.2) is 60.7 Å². The molecule has 2 atom stereocenters. The van der Waals surface area contributed by atoms with Crippen molar-refractivity contribution in [2.45, 2.75) is 84.4 Å². The van der Waals surface area contributed by atoms with Crippen LogP contribution in [0.5, 0.6) is 11.5 Å². The summed E-state index contributed by atoms with van der Waals surface area (Å²) in [5.74, 6) is -5.66. The number of phenolic OH excluding ortho intramolecular Hbond substituents is 2. The molecule has 0 bridgehead atoms. The number of rotatable bonds is 17. The average Bonchev–Trinajstić information content (AvgIpc) is 3.95. The molecule has 5 amide bonds. The SMILES string of the molecule is CCc1cc(C(=O)NCc2cccc(O)c2)sc1C(=O)N[C@@H](CN)C(=O)OC.CCc1cc(C(=O)NCc2cccc(O)c2)sc1C(=O)N[C@@H](CNC(=O)OC(C)(C)C)C(=O)OC.O=C(O)C(F)(F)F. The normalized spacial score (nSPS) is 11.6. The fourth-order valence-electron chi connectivity index (χ4n) is 5.50. The molecule has 4 rings (SSSR count). The van der Waals surface area contributed by atoms with E-state index >= 15 is 0 Å². The standard InChI is InChI=1S/C24H31N3O7S.C19H23N3O5S.C2HF3O2/c1-6-15-11-18(20(29)25-12-14-8-7-9-16(28)10-14)35-19(15)21(30)27-17(22(31)33-5)13-26-23(32)34-24(2,3)4;1-3-12-8-15(17(24)21-10-11-5-4-6-13(23)7-11)28-16(12)18(25)22-14(9-20)19(26)27-2;3-2(4,5)1(6)7/h7-11,17,28H,6,12-13H2,1-5H3,(H,25,29)(H,26,32)(H,27,30);4-8,14,23H,3,9-10,20H2,1-2H3,(H,21,24)(H,22,25);(H,6,7)/t17-;14-;/m00./s1. The van der Waals surface area contributed by atoms with Gasteiger partial charge in [0.05, 0.1) is 40.3 Å². The number of esters is 2. The molecule has 2 aromatic heterocycles. The van der Waals surface area contributed by atoms with Gasteiger partial charge in [-0.15, -0.1) is 22.7 Å². The van der Waals surface area contributed by atoms with E-state index in [2.05, 4.69) is 31.3 Å². The van der Waals surface area contributed by atoms with Crippen LogP contribution in [-0.4, -0.2) is 114 Å². The summed E-state index contributed by atoms with van der Waals surface area (Å²) in [6.07, 6.45) is -4.79. The van der Waals surface area contributed by atoms with Crippen LogP contribution in [0, 0.1) is 0 Å². The highest BCUT2D eigenvalue weighted by atomic mass is 32.1. The van der Waals surface area contributed by atoms with E-state index in [1.54, 1.807) is 75.4 Å². The molecule has 70 heavy (non-hydrogen) atoms. The Morgan fingerprint density at radius 2 is 1.06 bits per heavy atom. The number of nitrogens with one attached hydrogen (secondary N) is 5. The predicted molar refractivity (Wildman–Crippen MR) is 249 cm³/mol. The van der Waals surface area contributed by atoms with Crippen LogP contribution in [0.3, 0.4) is 0 Å². The van der Waals surface area contributed by atoms with Crippen molar-refractivity contribution in [1.82, 2.24) is 26.6 Å². The van der Waals surface area contributed by atoms with Gasteiger partial charge in [0.25, 0.3) is 23.6 Å².